The summed E-state index contributed by atoms with van der Waals surface area (Å²) in [4.78, 5) is 0. The fraction of sp³-hybridized carbons (Fsp3) is 0.0714. The molecule has 0 spiro atoms. The quantitative estimate of drug-likeness (QED) is 0.355. The highest BCUT2D eigenvalue weighted by Gasteiger charge is 2.03. The number of benzene rings is 2. The van der Waals surface area contributed by atoms with E-state index in [0.717, 1.165) is 20.3 Å². The standard InChI is InChI=1S/C14H12BrNO/c1-11-9-13(15)8-7-12(11)10-16(17)14-5-3-2-4-6-14/h2-10H,1H3. The number of halogens is 1. The number of hydrogen-bond acceptors (Lipinski definition) is 1. The van der Waals surface area contributed by atoms with Crippen molar-refractivity contribution in [1.29, 1.82) is 0 Å². The number of aryl methyl sites for hydroxylation is 1. The summed E-state index contributed by atoms with van der Waals surface area (Å²) in [6, 6.07) is 15.0. The van der Waals surface area contributed by atoms with Gasteiger partial charge in [-0.15, -0.1) is 0 Å². The summed E-state index contributed by atoms with van der Waals surface area (Å²) in [7, 11) is 0. The molecule has 0 fully saturated rings. The molecule has 0 saturated heterocycles. The fourth-order valence-electron chi connectivity index (χ4n) is 1.56. The van der Waals surface area contributed by atoms with E-state index in [-0.39, 0.29) is 0 Å². The van der Waals surface area contributed by atoms with Crippen LogP contribution >= 0.6 is 15.9 Å². The van der Waals surface area contributed by atoms with Crippen molar-refractivity contribution in [3.63, 3.8) is 0 Å². The van der Waals surface area contributed by atoms with Gasteiger partial charge in [0.25, 0.3) is 0 Å². The van der Waals surface area contributed by atoms with Gasteiger partial charge in [0.1, 0.15) is 0 Å². The minimum absolute atomic E-state index is 0.634. The molecule has 0 unspecified atom stereocenters. The summed E-state index contributed by atoms with van der Waals surface area (Å²) < 4.78 is 1.90. The second-order valence-corrected chi connectivity index (χ2v) is 4.71. The van der Waals surface area contributed by atoms with Crippen molar-refractivity contribution >= 4 is 27.8 Å². The first-order valence-corrected chi connectivity index (χ1v) is 6.08. The number of para-hydroxylation sites is 1. The highest BCUT2D eigenvalue weighted by molar-refractivity contribution is 9.10. The molecule has 0 aliphatic rings. The molecule has 0 aromatic heterocycles. The predicted molar refractivity (Wildman–Crippen MR) is 73.8 cm³/mol. The van der Waals surface area contributed by atoms with Gasteiger partial charge in [-0.05, 0) is 30.7 Å². The average Bonchev–Trinajstić information content (AvgIpc) is 2.34. The van der Waals surface area contributed by atoms with Crippen LogP contribution in [0.1, 0.15) is 11.1 Å². The van der Waals surface area contributed by atoms with Crippen LogP contribution in [0.25, 0.3) is 0 Å². The van der Waals surface area contributed by atoms with E-state index in [0.29, 0.717) is 5.69 Å². The minimum Gasteiger partial charge on any atom is -0.618 e. The molecule has 0 atom stereocenters. The molecule has 2 aromatic carbocycles. The minimum atomic E-state index is 0.634. The van der Waals surface area contributed by atoms with Crippen molar-refractivity contribution < 1.29 is 4.74 Å². The lowest BCUT2D eigenvalue weighted by Crippen LogP contribution is -2.00. The van der Waals surface area contributed by atoms with Crippen molar-refractivity contribution in [3.05, 3.63) is 69.3 Å². The van der Waals surface area contributed by atoms with Crippen LogP contribution in [0.3, 0.4) is 0 Å². The Hall–Kier alpha value is -1.61. The fourth-order valence-corrected chi connectivity index (χ4v) is 2.04. The molecule has 0 saturated carbocycles. The summed E-state index contributed by atoms with van der Waals surface area (Å²) >= 11 is 3.40. The Bertz CT molecular complexity index is 549. The van der Waals surface area contributed by atoms with Crippen LogP contribution in [0.15, 0.2) is 53.0 Å². The van der Waals surface area contributed by atoms with Crippen molar-refractivity contribution in [2.45, 2.75) is 6.92 Å². The molecule has 0 bridgehead atoms. The number of rotatable bonds is 2. The smallest absolute Gasteiger partial charge is 0.216 e. The van der Waals surface area contributed by atoms with Crippen molar-refractivity contribution in [2.75, 3.05) is 0 Å². The average molecular weight is 290 g/mol. The maximum absolute atomic E-state index is 11.9. The molecule has 0 amide bonds. The Morgan fingerprint density at radius 3 is 2.47 bits per heavy atom. The molecule has 2 nitrogen and oxygen atoms in total. The van der Waals surface area contributed by atoms with E-state index in [1.54, 1.807) is 18.3 Å². The summed E-state index contributed by atoms with van der Waals surface area (Å²) in [5, 5.41) is 11.9. The van der Waals surface area contributed by atoms with E-state index in [1.165, 1.54) is 0 Å². The van der Waals surface area contributed by atoms with E-state index in [9.17, 15) is 5.21 Å². The van der Waals surface area contributed by atoms with Crippen LogP contribution in [0.2, 0.25) is 0 Å². The second kappa shape index (κ2) is 5.15. The van der Waals surface area contributed by atoms with E-state index in [4.69, 9.17) is 0 Å². The zero-order chi connectivity index (χ0) is 12.3. The van der Waals surface area contributed by atoms with Crippen molar-refractivity contribution in [3.8, 4) is 0 Å². The third kappa shape index (κ3) is 2.94. The van der Waals surface area contributed by atoms with Gasteiger partial charge in [-0.3, -0.25) is 0 Å². The van der Waals surface area contributed by atoms with Crippen LogP contribution in [0, 0.1) is 12.1 Å². The topological polar surface area (TPSA) is 26.1 Å². The molecular weight excluding hydrogens is 278 g/mol. The molecule has 0 radical (unpaired) electrons. The Balaban J connectivity index is 2.36. The van der Waals surface area contributed by atoms with E-state index in [2.05, 4.69) is 15.9 Å². The van der Waals surface area contributed by atoms with Gasteiger partial charge < -0.3 is 5.21 Å². The molecule has 0 heterocycles. The molecular formula is C14H12BrNO. The van der Waals surface area contributed by atoms with Gasteiger partial charge in [0, 0.05) is 22.2 Å². The van der Waals surface area contributed by atoms with Crippen LogP contribution in [0.4, 0.5) is 5.69 Å². The lowest BCUT2D eigenvalue weighted by Gasteiger charge is -2.04. The number of nitrogens with zero attached hydrogens (tertiary/aromatic N) is 1. The molecule has 0 aliphatic carbocycles. The maximum atomic E-state index is 11.9. The van der Waals surface area contributed by atoms with Gasteiger partial charge in [0.2, 0.25) is 5.69 Å². The Kier molecular flexibility index (Phi) is 3.59. The highest BCUT2D eigenvalue weighted by atomic mass is 79.9. The Morgan fingerprint density at radius 2 is 1.82 bits per heavy atom. The number of hydrogen-bond donors (Lipinski definition) is 0. The first-order valence-electron chi connectivity index (χ1n) is 5.29. The van der Waals surface area contributed by atoms with Gasteiger partial charge in [0.05, 0.1) is 0 Å². The lowest BCUT2D eigenvalue weighted by molar-refractivity contribution is -0.354. The van der Waals surface area contributed by atoms with Gasteiger partial charge in [-0.2, -0.15) is 4.74 Å². The van der Waals surface area contributed by atoms with E-state index >= 15 is 0 Å². The van der Waals surface area contributed by atoms with Crippen molar-refractivity contribution in [1.82, 2.24) is 0 Å². The zero-order valence-electron chi connectivity index (χ0n) is 9.43. The lowest BCUT2D eigenvalue weighted by atomic mass is 10.1. The Morgan fingerprint density at radius 1 is 1.12 bits per heavy atom. The SMILES string of the molecule is Cc1cc(Br)ccc1C=[N+]([O-])c1ccccc1. The van der Waals surface area contributed by atoms with Crippen LogP contribution in [0.5, 0.6) is 0 Å². The molecule has 2 aromatic rings. The molecule has 0 aliphatic heterocycles. The third-order valence-electron chi connectivity index (χ3n) is 2.50. The van der Waals surface area contributed by atoms with Gasteiger partial charge in [-0.25, -0.2) is 0 Å². The highest BCUT2D eigenvalue weighted by Crippen LogP contribution is 2.15. The van der Waals surface area contributed by atoms with Gasteiger partial charge >= 0.3 is 0 Å². The van der Waals surface area contributed by atoms with Gasteiger partial charge in [0.15, 0.2) is 6.21 Å². The van der Waals surface area contributed by atoms with Crippen LogP contribution in [-0.2, 0) is 0 Å². The third-order valence-corrected chi connectivity index (χ3v) is 2.99. The van der Waals surface area contributed by atoms with E-state index < -0.39 is 0 Å². The van der Waals surface area contributed by atoms with E-state index in [1.807, 2.05) is 43.3 Å². The summed E-state index contributed by atoms with van der Waals surface area (Å²) in [5.74, 6) is 0. The molecule has 3 heteroatoms. The summed E-state index contributed by atoms with van der Waals surface area (Å²) in [6.07, 6.45) is 1.59. The summed E-state index contributed by atoms with van der Waals surface area (Å²) in [6.45, 7) is 1.98. The second-order valence-electron chi connectivity index (χ2n) is 3.79. The monoisotopic (exact) mass is 289 g/mol. The zero-order valence-corrected chi connectivity index (χ0v) is 11.0. The first-order chi connectivity index (χ1) is 8.16. The largest absolute Gasteiger partial charge is 0.618 e. The summed E-state index contributed by atoms with van der Waals surface area (Å²) in [5.41, 5.74) is 2.62. The molecule has 17 heavy (non-hydrogen) atoms. The molecule has 86 valence electrons. The van der Waals surface area contributed by atoms with Gasteiger partial charge in [-0.1, -0.05) is 34.1 Å². The van der Waals surface area contributed by atoms with Crippen LogP contribution < -0.4 is 0 Å². The molecule has 0 N–H and O–H groups in total. The van der Waals surface area contributed by atoms with Crippen LogP contribution in [-0.4, -0.2) is 11.0 Å². The normalized spacial score (nSPS) is 11.5. The van der Waals surface area contributed by atoms with Crippen molar-refractivity contribution in [2.24, 2.45) is 0 Å². The molecule has 2 rings (SSSR count). The Labute approximate surface area is 109 Å². The predicted octanol–water partition coefficient (Wildman–Crippen LogP) is 4.02. The first kappa shape index (κ1) is 11.9. The maximum Gasteiger partial charge on any atom is 0.216 e.